The number of oxazole rings is 1. The number of benzene rings is 2. The van der Waals surface area contributed by atoms with E-state index in [2.05, 4.69) is 4.98 Å². The third-order valence-electron chi connectivity index (χ3n) is 5.12. The Morgan fingerprint density at radius 1 is 1.03 bits per heavy atom. The molecule has 9 heteroatoms. The Morgan fingerprint density at radius 3 is 2.30 bits per heavy atom. The van der Waals surface area contributed by atoms with E-state index in [9.17, 15) is 18.8 Å². The lowest BCUT2D eigenvalue weighted by molar-refractivity contribution is -0.133. The normalized spacial score (nSPS) is 13.8. The molecule has 0 bridgehead atoms. The van der Waals surface area contributed by atoms with Gasteiger partial charge in [0, 0.05) is 32.3 Å². The van der Waals surface area contributed by atoms with Gasteiger partial charge in [-0.05, 0) is 48.0 Å². The van der Waals surface area contributed by atoms with Gasteiger partial charge in [-0.2, -0.15) is 10.2 Å². The average Bonchev–Trinajstić information content (AvgIpc) is 3.26. The topological polar surface area (TPSA) is 82.6 Å². The van der Waals surface area contributed by atoms with Crippen LogP contribution >= 0.6 is 0 Å². The first kappa shape index (κ1) is 22.0. The van der Waals surface area contributed by atoms with Crippen molar-refractivity contribution in [2.45, 2.75) is 0 Å². The highest BCUT2D eigenvalue weighted by molar-refractivity contribution is 5.78. The van der Waals surface area contributed by atoms with Crippen molar-refractivity contribution in [3.8, 4) is 11.8 Å². The summed E-state index contributed by atoms with van der Waals surface area (Å²) in [6.07, 6.45) is 3.33. The van der Waals surface area contributed by atoms with Gasteiger partial charge in [-0.15, -0.1) is 0 Å². The van der Waals surface area contributed by atoms with Crippen LogP contribution in [-0.2, 0) is 4.79 Å². The number of amides is 1. The Balaban J connectivity index is 1.34. The van der Waals surface area contributed by atoms with Crippen LogP contribution in [0.15, 0.2) is 52.9 Å². The second-order valence-electron chi connectivity index (χ2n) is 7.31. The molecule has 7 nitrogen and oxygen atoms in total. The van der Waals surface area contributed by atoms with E-state index in [1.165, 1.54) is 36.4 Å². The number of carbonyl (C=O) groups is 1. The third kappa shape index (κ3) is 5.54. The van der Waals surface area contributed by atoms with Crippen LogP contribution in [0.2, 0.25) is 0 Å². The maximum absolute atomic E-state index is 13.0. The minimum atomic E-state index is -0.372. The third-order valence-corrected chi connectivity index (χ3v) is 5.12. The maximum Gasteiger partial charge on any atom is 0.260 e. The molecule has 2 heterocycles. The van der Waals surface area contributed by atoms with Gasteiger partial charge in [0.05, 0.1) is 0 Å². The fourth-order valence-corrected chi connectivity index (χ4v) is 3.35. The molecule has 1 aliphatic rings. The van der Waals surface area contributed by atoms with Crippen molar-refractivity contribution in [3.63, 3.8) is 0 Å². The molecule has 0 saturated carbocycles. The summed E-state index contributed by atoms with van der Waals surface area (Å²) in [6, 6.07) is 13.5. The van der Waals surface area contributed by atoms with Crippen molar-refractivity contribution in [2.75, 3.05) is 37.7 Å². The van der Waals surface area contributed by atoms with Crippen molar-refractivity contribution < 1.29 is 22.7 Å². The number of piperazine rings is 1. The van der Waals surface area contributed by atoms with Gasteiger partial charge < -0.3 is 19.0 Å². The summed E-state index contributed by atoms with van der Waals surface area (Å²) in [5, 5.41) is 9.44. The van der Waals surface area contributed by atoms with E-state index in [1.807, 2.05) is 11.0 Å². The summed E-state index contributed by atoms with van der Waals surface area (Å²) in [7, 11) is 0. The summed E-state index contributed by atoms with van der Waals surface area (Å²) in [4.78, 5) is 20.2. The van der Waals surface area contributed by atoms with Gasteiger partial charge in [-0.3, -0.25) is 4.79 Å². The zero-order valence-corrected chi connectivity index (χ0v) is 17.6. The molecule has 3 aromatic rings. The minimum Gasteiger partial charge on any atom is -0.484 e. The summed E-state index contributed by atoms with van der Waals surface area (Å²) in [6.45, 7) is 1.64. The summed E-state index contributed by atoms with van der Waals surface area (Å²) in [5.74, 6) is 0.160. The average molecular weight is 450 g/mol. The van der Waals surface area contributed by atoms with E-state index in [4.69, 9.17) is 9.15 Å². The molecule has 4 rings (SSSR count). The van der Waals surface area contributed by atoms with Gasteiger partial charge in [-0.1, -0.05) is 12.1 Å². The SMILES string of the molecule is N#Cc1nc(/C=C/c2ccc(F)cc2)oc1N1CCN(C(=O)COc2ccc(F)cc2)CC1. The van der Waals surface area contributed by atoms with Crippen molar-refractivity contribution in [3.05, 3.63) is 77.3 Å². The molecule has 1 amide bonds. The lowest BCUT2D eigenvalue weighted by Gasteiger charge is -2.34. The van der Waals surface area contributed by atoms with Crippen LogP contribution < -0.4 is 9.64 Å². The molecule has 0 atom stereocenters. The fourth-order valence-electron chi connectivity index (χ4n) is 3.35. The Hall–Kier alpha value is -4.19. The molecule has 168 valence electrons. The Labute approximate surface area is 189 Å². The summed E-state index contributed by atoms with van der Waals surface area (Å²) in [5.41, 5.74) is 0.929. The van der Waals surface area contributed by atoms with E-state index < -0.39 is 0 Å². The van der Waals surface area contributed by atoms with Crippen LogP contribution in [-0.4, -0.2) is 48.6 Å². The summed E-state index contributed by atoms with van der Waals surface area (Å²) >= 11 is 0. The second-order valence-corrected chi connectivity index (χ2v) is 7.31. The van der Waals surface area contributed by atoms with Crippen molar-refractivity contribution >= 4 is 23.9 Å². The standard InChI is InChI=1S/C24H20F2N4O3/c25-18-4-1-17(2-5-18)3-10-22-28-21(15-27)24(33-22)30-13-11-29(12-14-30)23(31)16-32-20-8-6-19(26)7-9-20/h1-10H,11-14,16H2/b10-3+. The van der Waals surface area contributed by atoms with Gasteiger partial charge in [0.1, 0.15) is 23.5 Å². The molecule has 0 radical (unpaired) electrons. The Bertz CT molecular complexity index is 1180. The molecule has 0 N–H and O–H groups in total. The summed E-state index contributed by atoms with van der Waals surface area (Å²) < 4.78 is 37.2. The van der Waals surface area contributed by atoms with Gasteiger partial charge in [0.2, 0.25) is 17.5 Å². The number of nitrogens with zero attached hydrogens (tertiary/aromatic N) is 4. The first-order chi connectivity index (χ1) is 16.0. The number of aromatic nitrogens is 1. The molecule has 0 unspecified atom stereocenters. The molecule has 1 aromatic heterocycles. The van der Waals surface area contributed by atoms with Crippen LogP contribution in [0.5, 0.6) is 5.75 Å². The lowest BCUT2D eigenvalue weighted by atomic mass is 10.2. The molecular weight excluding hydrogens is 430 g/mol. The van der Waals surface area contributed by atoms with E-state index in [0.29, 0.717) is 37.8 Å². The number of anilines is 1. The van der Waals surface area contributed by atoms with E-state index in [-0.39, 0.29) is 35.7 Å². The van der Waals surface area contributed by atoms with E-state index in [0.717, 1.165) is 5.56 Å². The molecular formula is C24H20F2N4O3. The van der Waals surface area contributed by atoms with E-state index >= 15 is 0 Å². The molecule has 0 spiro atoms. The fraction of sp³-hybridized carbons (Fsp3) is 0.208. The quantitative estimate of drug-likeness (QED) is 0.569. The Morgan fingerprint density at radius 2 is 1.67 bits per heavy atom. The number of hydrogen-bond donors (Lipinski definition) is 0. The van der Waals surface area contributed by atoms with Crippen LogP contribution in [0.4, 0.5) is 14.7 Å². The number of nitriles is 1. The van der Waals surface area contributed by atoms with Gasteiger partial charge in [0.25, 0.3) is 5.91 Å². The molecule has 2 aromatic carbocycles. The number of carbonyl (C=O) groups excluding carboxylic acids is 1. The van der Waals surface area contributed by atoms with Gasteiger partial charge in [0.15, 0.2) is 6.61 Å². The Kier molecular flexibility index (Phi) is 6.64. The molecule has 1 fully saturated rings. The highest BCUT2D eigenvalue weighted by atomic mass is 19.1. The predicted octanol–water partition coefficient (Wildman–Crippen LogP) is 3.72. The van der Waals surface area contributed by atoms with Crippen LogP contribution in [0.25, 0.3) is 12.2 Å². The second kappa shape index (κ2) is 9.96. The van der Waals surface area contributed by atoms with Crippen molar-refractivity contribution in [1.29, 1.82) is 5.26 Å². The van der Waals surface area contributed by atoms with Gasteiger partial charge >= 0.3 is 0 Å². The van der Waals surface area contributed by atoms with E-state index in [1.54, 1.807) is 29.2 Å². The smallest absolute Gasteiger partial charge is 0.260 e. The van der Waals surface area contributed by atoms with Crippen molar-refractivity contribution in [2.24, 2.45) is 0 Å². The first-order valence-electron chi connectivity index (χ1n) is 10.3. The maximum atomic E-state index is 13.0. The lowest BCUT2D eigenvalue weighted by Crippen LogP contribution is -2.50. The number of halogens is 2. The predicted molar refractivity (Wildman–Crippen MR) is 117 cm³/mol. The number of ether oxygens (including phenoxy) is 1. The van der Waals surface area contributed by atoms with Gasteiger partial charge in [-0.25, -0.2) is 8.78 Å². The monoisotopic (exact) mass is 450 g/mol. The molecule has 1 aliphatic heterocycles. The zero-order chi connectivity index (χ0) is 23.2. The van der Waals surface area contributed by atoms with Crippen LogP contribution in [0.3, 0.4) is 0 Å². The molecule has 33 heavy (non-hydrogen) atoms. The van der Waals surface area contributed by atoms with Crippen LogP contribution in [0.1, 0.15) is 17.1 Å². The number of rotatable bonds is 6. The zero-order valence-electron chi connectivity index (χ0n) is 17.6. The highest BCUT2D eigenvalue weighted by Gasteiger charge is 2.26. The molecule has 0 aliphatic carbocycles. The molecule has 1 saturated heterocycles. The largest absolute Gasteiger partial charge is 0.484 e. The first-order valence-corrected chi connectivity index (χ1v) is 10.3. The van der Waals surface area contributed by atoms with Crippen molar-refractivity contribution in [1.82, 2.24) is 9.88 Å². The number of hydrogen-bond acceptors (Lipinski definition) is 6. The van der Waals surface area contributed by atoms with Crippen LogP contribution in [0, 0.1) is 23.0 Å². The highest BCUT2D eigenvalue weighted by Crippen LogP contribution is 2.24. The minimum absolute atomic E-state index is 0.143.